The molecule has 3 rings (SSSR count). The molecule has 0 radical (unpaired) electrons. The summed E-state index contributed by atoms with van der Waals surface area (Å²) in [6, 6.07) is 9.79. The Morgan fingerprint density at radius 3 is 2.42 bits per heavy atom. The maximum Gasteiger partial charge on any atom is 0.342 e. The fourth-order valence-electron chi connectivity index (χ4n) is 3.76. The summed E-state index contributed by atoms with van der Waals surface area (Å²) in [7, 11) is -3.95. The van der Waals surface area contributed by atoms with Crippen LogP contribution in [0.4, 0.5) is 5.69 Å². The Labute approximate surface area is 193 Å². The van der Waals surface area contributed by atoms with E-state index in [9.17, 15) is 23.3 Å². The number of piperidine rings is 1. The van der Waals surface area contributed by atoms with E-state index in [4.69, 9.17) is 4.74 Å². The van der Waals surface area contributed by atoms with Crippen molar-refractivity contribution in [1.29, 1.82) is 5.26 Å². The number of rotatable bonds is 6. The van der Waals surface area contributed by atoms with Crippen LogP contribution >= 0.6 is 0 Å². The van der Waals surface area contributed by atoms with Crippen molar-refractivity contribution in [2.45, 2.75) is 44.6 Å². The molecular weight excluding hydrogens is 444 g/mol. The number of amides is 1. The van der Waals surface area contributed by atoms with Crippen LogP contribution in [0.1, 0.15) is 48.3 Å². The summed E-state index contributed by atoms with van der Waals surface area (Å²) in [5.74, 6) is -1.64. The van der Waals surface area contributed by atoms with Gasteiger partial charge < -0.3 is 9.64 Å². The van der Waals surface area contributed by atoms with Crippen molar-refractivity contribution in [3.05, 3.63) is 53.3 Å². The van der Waals surface area contributed by atoms with Crippen molar-refractivity contribution in [1.82, 2.24) is 9.71 Å². The molecule has 0 spiro atoms. The number of esters is 1. The zero-order valence-electron chi connectivity index (χ0n) is 18.7. The van der Waals surface area contributed by atoms with Crippen molar-refractivity contribution < 1.29 is 22.7 Å². The average molecular weight is 471 g/mol. The van der Waals surface area contributed by atoms with Crippen molar-refractivity contribution >= 4 is 27.6 Å². The second kappa shape index (κ2) is 10.0. The van der Waals surface area contributed by atoms with Gasteiger partial charge >= 0.3 is 5.97 Å². The number of nitrogens with one attached hydrogen (secondary N) is 1. The van der Waals surface area contributed by atoms with Gasteiger partial charge in [0.25, 0.3) is 10.0 Å². The molecule has 1 aromatic carbocycles. The summed E-state index contributed by atoms with van der Waals surface area (Å²) in [4.78, 5) is 31.5. The molecule has 1 N–H and O–H groups in total. The Bertz CT molecular complexity index is 1180. The highest BCUT2D eigenvalue weighted by Crippen LogP contribution is 2.32. The molecule has 1 aliphatic rings. The summed E-state index contributed by atoms with van der Waals surface area (Å²) >= 11 is 0. The standard InChI is InChI=1S/C23H26N4O5S/c1-15(2)32-23(29)20-16(3)25-14-18(13-24)21(20)27-11-9-17(10-12-27)22(28)26-33(30,31)19-7-5-4-6-8-19/h4-8,14-15,17H,9-12H2,1-3H3,(H,26,28). The molecule has 1 aromatic heterocycles. The fourth-order valence-corrected chi connectivity index (χ4v) is 4.83. The molecule has 174 valence electrons. The van der Waals surface area contributed by atoms with Gasteiger partial charge in [0, 0.05) is 25.2 Å². The van der Waals surface area contributed by atoms with Crippen LogP contribution in [0.2, 0.25) is 0 Å². The number of nitriles is 1. The molecule has 2 aromatic rings. The molecule has 0 unspecified atom stereocenters. The first-order valence-electron chi connectivity index (χ1n) is 10.6. The highest BCUT2D eigenvalue weighted by molar-refractivity contribution is 7.90. The minimum atomic E-state index is -3.95. The Morgan fingerprint density at radius 1 is 1.21 bits per heavy atom. The number of anilines is 1. The number of aromatic nitrogens is 1. The van der Waals surface area contributed by atoms with Gasteiger partial charge in [-0.15, -0.1) is 0 Å². The van der Waals surface area contributed by atoms with E-state index in [1.807, 2.05) is 4.90 Å². The van der Waals surface area contributed by atoms with Gasteiger partial charge in [-0.05, 0) is 45.7 Å². The van der Waals surface area contributed by atoms with Crippen LogP contribution in [0.3, 0.4) is 0 Å². The lowest BCUT2D eigenvalue weighted by Crippen LogP contribution is -2.43. The number of pyridine rings is 1. The number of sulfonamides is 1. The Morgan fingerprint density at radius 2 is 1.85 bits per heavy atom. The van der Waals surface area contributed by atoms with E-state index in [0.717, 1.165) is 0 Å². The number of hydrogen-bond donors (Lipinski definition) is 1. The molecule has 1 aliphatic heterocycles. The zero-order valence-corrected chi connectivity index (χ0v) is 19.6. The minimum absolute atomic E-state index is 0.0232. The normalized spacial score (nSPS) is 14.6. The first-order valence-corrected chi connectivity index (χ1v) is 12.1. The predicted molar refractivity (Wildman–Crippen MR) is 121 cm³/mol. The Balaban J connectivity index is 1.77. The van der Waals surface area contributed by atoms with Crippen LogP contribution < -0.4 is 9.62 Å². The van der Waals surface area contributed by atoms with E-state index in [2.05, 4.69) is 15.8 Å². The third kappa shape index (κ3) is 5.49. The number of ether oxygens (including phenoxy) is 1. The first-order chi connectivity index (χ1) is 15.6. The van der Waals surface area contributed by atoms with Gasteiger partial charge in [0.15, 0.2) is 0 Å². The maximum absolute atomic E-state index is 12.7. The van der Waals surface area contributed by atoms with Gasteiger partial charge in [-0.3, -0.25) is 9.78 Å². The van der Waals surface area contributed by atoms with Crippen LogP contribution in [-0.2, 0) is 19.6 Å². The number of nitrogens with zero attached hydrogens (tertiary/aromatic N) is 3. The molecule has 1 fully saturated rings. The van der Waals surface area contributed by atoms with Crippen molar-refractivity contribution in [3.8, 4) is 6.07 Å². The van der Waals surface area contributed by atoms with Gasteiger partial charge in [0.05, 0.1) is 27.9 Å². The molecule has 1 amide bonds. The molecule has 2 heterocycles. The molecule has 0 saturated carbocycles. The topological polar surface area (TPSA) is 129 Å². The van der Waals surface area contributed by atoms with Gasteiger partial charge in [-0.1, -0.05) is 18.2 Å². The lowest BCUT2D eigenvalue weighted by molar-refractivity contribution is -0.123. The Kier molecular flexibility index (Phi) is 7.33. The SMILES string of the molecule is Cc1ncc(C#N)c(N2CCC(C(=O)NS(=O)(=O)c3ccccc3)CC2)c1C(=O)OC(C)C. The van der Waals surface area contributed by atoms with E-state index in [-0.39, 0.29) is 22.1 Å². The summed E-state index contributed by atoms with van der Waals surface area (Å²) in [6.07, 6.45) is 1.81. The molecule has 10 heteroatoms. The molecular formula is C23H26N4O5S. The predicted octanol–water partition coefficient (Wildman–Crippen LogP) is 2.55. The fraction of sp³-hybridized carbons (Fsp3) is 0.391. The minimum Gasteiger partial charge on any atom is -0.459 e. The quantitative estimate of drug-likeness (QED) is 0.638. The molecule has 33 heavy (non-hydrogen) atoms. The molecule has 1 saturated heterocycles. The van der Waals surface area contributed by atoms with Crippen LogP contribution in [0.15, 0.2) is 41.4 Å². The number of benzene rings is 1. The second-order valence-corrected chi connectivity index (χ2v) is 9.77. The summed E-state index contributed by atoms with van der Waals surface area (Å²) < 4.78 is 32.4. The highest BCUT2D eigenvalue weighted by Gasteiger charge is 2.32. The first kappa shape index (κ1) is 24.2. The Hall–Kier alpha value is -3.45. The van der Waals surface area contributed by atoms with Crippen molar-refractivity contribution in [3.63, 3.8) is 0 Å². The van der Waals surface area contributed by atoms with E-state index in [1.54, 1.807) is 39.0 Å². The third-order valence-corrected chi connectivity index (χ3v) is 6.74. The van der Waals surface area contributed by atoms with Gasteiger partial charge in [0.1, 0.15) is 11.6 Å². The smallest absolute Gasteiger partial charge is 0.342 e. The molecule has 9 nitrogen and oxygen atoms in total. The van der Waals surface area contributed by atoms with Gasteiger partial charge in [0.2, 0.25) is 5.91 Å². The van der Waals surface area contributed by atoms with Crippen LogP contribution in [0.5, 0.6) is 0 Å². The van der Waals surface area contributed by atoms with Crippen LogP contribution in [0, 0.1) is 24.2 Å². The summed E-state index contributed by atoms with van der Waals surface area (Å²) in [6.45, 7) is 5.88. The summed E-state index contributed by atoms with van der Waals surface area (Å²) in [5.41, 5.74) is 1.36. The highest BCUT2D eigenvalue weighted by atomic mass is 32.2. The lowest BCUT2D eigenvalue weighted by Gasteiger charge is -2.34. The number of carbonyl (C=O) groups excluding carboxylic acids is 2. The van der Waals surface area contributed by atoms with E-state index < -0.39 is 27.8 Å². The van der Waals surface area contributed by atoms with E-state index in [1.165, 1.54) is 18.3 Å². The lowest BCUT2D eigenvalue weighted by atomic mass is 9.94. The third-order valence-electron chi connectivity index (χ3n) is 5.38. The largest absolute Gasteiger partial charge is 0.459 e. The van der Waals surface area contributed by atoms with E-state index >= 15 is 0 Å². The number of aryl methyl sites for hydroxylation is 1. The van der Waals surface area contributed by atoms with Crippen molar-refractivity contribution in [2.24, 2.45) is 5.92 Å². The molecule has 0 bridgehead atoms. The monoisotopic (exact) mass is 470 g/mol. The second-order valence-electron chi connectivity index (χ2n) is 8.09. The van der Waals surface area contributed by atoms with Gasteiger partial charge in [-0.25, -0.2) is 17.9 Å². The van der Waals surface area contributed by atoms with Crippen LogP contribution in [0.25, 0.3) is 0 Å². The van der Waals surface area contributed by atoms with E-state index in [0.29, 0.717) is 37.3 Å². The number of hydrogen-bond acceptors (Lipinski definition) is 8. The molecule has 0 aliphatic carbocycles. The van der Waals surface area contributed by atoms with Crippen LogP contribution in [-0.4, -0.2) is 44.5 Å². The van der Waals surface area contributed by atoms with Crippen molar-refractivity contribution in [2.75, 3.05) is 18.0 Å². The number of carbonyl (C=O) groups is 2. The maximum atomic E-state index is 12.7. The average Bonchev–Trinajstić information content (AvgIpc) is 2.78. The molecule has 0 atom stereocenters. The van der Waals surface area contributed by atoms with Gasteiger partial charge in [-0.2, -0.15) is 5.26 Å². The zero-order chi connectivity index (χ0) is 24.2. The summed E-state index contributed by atoms with van der Waals surface area (Å²) in [5, 5.41) is 9.60.